The Labute approximate surface area is 199 Å². The van der Waals surface area contributed by atoms with Crippen molar-refractivity contribution >= 4 is 24.2 Å². The molecule has 1 aromatic heterocycles. The molecule has 7 nitrogen and oxygen atoms in total. The minimum absolute atomic E-state index is 0.0673. The van der Waals surface area contributed by atoms with Gasteiger partial charge in [-0.2, -0.15) is 12.6 Å². The first kappa shape index (κ1) is 21.9. The number of methoxy groups -OCH3 is 1. The number of imidazole rings is 1. The predicted octanol–water partition coefficient (Wildman–Crippen LogP) is 3.30. The minimum Gasteiger partial charge on any atom is -0.496 e. The zero-order valence-electron chi connectivity index (χ0n) is 18.6. The van der Waals surface area contributed by atoms with Crippen LogP contribution >= 0.6 is 12.6 Å². The van der Waals surface area contributed by atoms with E-state index >= 15 is 0 Å². The number of hydrogen-bond donors (Lipinski definition) is 3. The number of benzene rings is 2. The molecule has 0 radical (unpaired) electrons. The van der Waals surface area contributed by atoms with Crippen molar-refractivity contribution < 1.29 is 9.53 Å². The number of amides is 1. The maximum absolute atomic E-state index is 13.2. The van der Waals surface area contributed by atoms with Gasteiger partial charge in [0.25, 0.3) is 0 Å². The van der Waals surface area contributed by atoms with Gasteiger partial charge in [0.15, 0.2) is 0 Å². The Hall–Kier alpha value is -2.97. The fourth-order valence-electron chi connectivity index (χ4n) is 5.00. The summed E-state index contributed by atoms with van der Waals surface area (Å²) in [7, 11) is 1.67. The number of thiol groups is 1. The minimum atomic E-state index is -0.625. The van der Waals surface area contributed by atoms with E-state index in [0.717, 1.165) is 35.8 Å². The summed E-state index contributed by atoms with van der Waals surface area (Å²) in [5.41, 5.74) is 10.4. The maximum Gasteiger partial charge on any atom is 0.241 e. The second-order valence-electron chi connectivity index (χ2n) is 8.62. The Morgan fingerprint density at radius 1 is 1.24 bits per heavy atom. The molecule has 33 heavy (non-hydrogen) atoms. The van der Waals surface area contributed by atoms with E-state index < -0.39 is 6.04 Å². The largest absolute Gasteiger partial charge is 0.496 e. The first-order valence-corrected chi connectivity index (χ1v) is 11.9. The third kappa shape index (κ3) is 3.98. The number of nitrogens with zero attached hydrogens (tertiary/aromatic N) is 3. The Morgan fingerprint density at radius 3 is 2.85 bits per heavy atom. The zero-order valence-corrected chi connectivity index (χ0v) is 19.5. The van der Waals surface area contributed by atoms with Crippen molar-refractivity contribution in [2.45, 2.75) is 31.0 Å². The van der Waals surface area contributed by atoms with Gasteiger partial charge < -0.3 is 25.3 Å². The number of hydrogen-bond acceptors (Lipinski definition) is 6. The number of nitrogens with one attached hydrogen (secondary N) is 1. The van der Waals surface area contributed by atoms with Crippen molar-refractivity contribution in [1.29, 1.82) is 0 Å². The van der Waals surface area contributed by atoms with Crippen LogP contribution in [0.3, 0.4) is 0 Å². The molecular formula is C25H29N5O2S. The fraction of sp³-hybridized carbons (Fsp3) is 0.360. The van der Waals surface area contributed by atoms with Crippen LogP contribution in [0, 0.1) is 0 Å². The average molecular weight is 464 g/mol. The van der Waals surface area contributed by atoms with Gasteiger partial charge in [-0.05, 0) is 30.2 Å². The first-order chi connectivity index (χ1) is 16.1. The number of carbonyl (C=O) groups excluding carboxylic acids is 1. The van der Waals surface area contributed by atoms with Gasteiger partial charge >= 0.3 is 0 Å². The van der Waals surface area contributed by atoms with Gasteiger partial charge in [-0.15, -0.1) is 0 Å². The van der Waals surface area contributed by atoms with Gasteiger partial charge in [-0.1, -0.05) is 30.3 Å². The summed E-state index contributed by atoms with van der Waals surface area (Å²) in [5.74, 6) is 2.21. The summed E-state index contributed by atoms with van der Waals surface area (Å²) < 4.78 is 7.74. The van der Waals surface area contributed by atoms with Crippen molar-refractivity contribution in [2.24, 2.45) is 5.73 Å². The highest BCUT2D eigenvalue weighted by atomic mass is 32.1. The van der Waals surface area contributed by atoms with Gasteiger partial charge in [0.05, 0.1) is 24.9 Å². The molecule has 0 saturated heterocycles. The number of ether oxygens (including phenoxy) is 1. The third-order valence-corrected chi connectivity index (χ3v) is 7.08. The normalized spacial score (nSPS) is 20.0. The van der Waals surface area contributed by atoms with Crippen LogP contribution in [0.1, 0.15) is 29.8 Å². The average Bonchev–Trinajstić information content (AvgIpc) is 3.48. The lowest BCUT2D eigenvalue weighted by Gasteiger charge is -2.38. The van der Waals surface area contributed by atoms with Crippen molar-refractivity contribution in [3.05, 3.63) is 66.1 Å². The molecule has 3 N–H and O–H groups in total. The van der Waals surface area contributed by atoms with E-state index in [1.165, 1.54) is 11.3 Å². The lowest BCUT2D eigenvalue weighted by molar-refractivity contribution is -0.136. The molecule has 0 bridgehead atoms. The number of aromatic nitrogens is 2. The van der Waals surface area contributed by atoms with E-state index in [2.05, 4.69) is 46.9 Å². The van der Waals surface area contributed by atoms with E-state index in [1.54, 1.807) is 7.11 Å². The summed E-state index contributed by atoms with van der Waals surface area (Å²) in [4.78, 5) is 20.2. The molecule has 172 valence electrons. The van der Waals surface area contributed by atoms with E-state index in [1.807, 2.05) is 35.2 Å². The highest BCUT2D eigenvalue weighted by Crippen LogP contribution is 2.41. The number of rotatable bonds is 6. The van der Waals surface area contributed by atoms with Crippen LogP contribution < -0.4 is 15.8 Å². The summed E-state index contributed by atoms with van der Waals surface area (Å²) >= 11 is 4.27. The molecule has 1 amide bonds. The second-order valence-corrected chi connectivity index (χ2v) is 8.98. The van der Waals surface area contributed by atoms with E-state index in [-0.39, 0.29) is 17.9 Å². The van der Waals surface area contributed by atoms with Gasteiger partial charge in [-0.25, -0.2) is 4.98 Å². The van der Waals surface area contributed by atoms with E-state index in [4.69, 9.17) is 15.5 Å². The molecule has 2 aliphatic rings. The first-order valence-electron chi connectivity index (χ1n) is 11.3. The van der Waals surface area contributed by atoms with Crippen molar-refractivity contribution in [2.75, 3.05) is 31.3 Å². The Balaban J connectivity index is 1.53. The van der Waals surface area contributed by atoms with Crippen LogP contribution in [0.4, 0.5) is 5.69 Å². The SMILES string of the molecule is COc1ccccc1-c1cn2c(n1)C(CC1CNc3ccccc31)N(C(=O)C(N)CS)CC2. The highest BCUT2D eigenvalue weighted by Gasteiger charge is 2.38. The molecule has 3 aromatic rings. The van der Waals surface area contributed by atoms with Crippen LogP contribution in [0.2, 0.25) is 0 Å². The molecule has 2 aromatic carbocycles. The molecule has 0 aliphatic carbocycles. The van der Waals surface area contributed by atoms with Crippen LogP contribution in [0.25, 0.3) is 11.3 Å². The molecule has 3 heterocycles. The van der Waals surface area contributed by atoms with Crippen molar-refractivity contribution in [3.8, 4) is 17.0 Å². The van der Waals surface area contributed by atoms with Gasteiger partial charge in [0, 0.05) is 48.8 Å². The molecule has 0 fully saturated rings. The standard InChI is InChI=1S/C25H29N5O2S/c1-32-23-9-5-3-7-18(23)21-14-29-10-11-30(25(31)19(26)15-33)22(24(29)28-21)12-16-13-27-20-8-4-2-6-17(16)20/h2-9,14,16,19,22,27,33H,10-13,15,26H2,1H3. The molecule has 0 saturated carbocycles. The number of anilines is 1. The molecule has 2 aliphatic heterocycles. The van der Waals surface area contributed by atoms with E-state index in [9.17, 15) is 4.79 Å². The lowest BCUT2D eigenvalue weighted by Crippen LogP contribution is -2.50. The Bertz CT molecular complexity index is 1160. The summed E-state index contributed by atoms with van der Waals surface area (Å²) in [6.45, 7) is 2.12. The number of carbonyl (C=O) groups is 1. The monoisotopic (exact) mass is 463 g/mol. The van der Waals surface area contributed by atoms with Gasteiger partial charge in [0.2, 0.25) is 5.91 Å². The quantitative estimate of drug-likeness (QED) is 0.489. The van der Waals surface area contributed by atoms with Gasteiger partial charge in [0.1, 0.15) is 11.6 Å². The smallest absolute Gasteiger partial charge is 0.241 e. The van der Waals surface area contributed by atoms with Crippen molar-refractivity contribution in [1.82, 2.24) is 14.5 Å². The molecular weight excluding hydrogens is 434 g/mol. The summed E-state index contributed by atoms with van der Waals surface area (Å²) in [6, 6.07) is 15.5. The highest BCUT2D eigenvalue weighted by molar-refractivity contribution is 7.80. The molecule has 3 atom stereocenters. The number of nitrogens with two attached hydrogens (primary N) is 1. The summed E-state index contributed by atoms with van der Waals surface area (Å²) in [5, 5.41) is 3.50. The Morgan fingerprint density at radius 2 is 2.03 bits per heavy atom. The van der Waals surface area contributed by atoms with Gasteiger partial charge in [-0.3, -0.25) is 4.79 Å². The third-order valence-electron chi connectivity index (χ3n) is 6.69. The molecule has 8 heteroatoms. The van der Waals surface area contributed by atoms with Crippen LogP contribution in [0.15, 0.2) is 54.7 Å². The van der Waals surface area contributed by atoms with Crippen LogP contribution in [-0.4, -0.2) is 52.4 Å². The molecule has 0 spiro atoms. The topological polar surface area (TPSA) is 85.4 Å². The number of para-hydroxylation sites is 2. The fourth-order valence-corrected chi connectivity index (χ4v) is 5.15. The second kappa shape index (κ2) is 9.11. The lowest BCUT2D eigenvalue weighted by atomic mass is 9.92. The van der Waals surface area contributed by atoms with Crippen LogP contribution in [0.5, 0.6) is 5.75 Å². The summed E-state index contributed by atoms with van der Waals surface area (Å²) in [6.07, 6.45) is 2.85. The predicted molar refractivity (Wildman–Crippen MR) is 133 cm³/mol. The zero-order chi connectivity index (χ0) is 22.9. The number of fused-ring (bicyclic) bond motifs is 2. The molecule has 3 unspecified atom stereocenters. The van der Waals surface area contributed by atoms with Crippen LogP contribution in [-0.2, 0) is 11.3 Å². The molecule has 5 rings (SSSR count). The van der Waals surface area contributed by atoms with E-state index in [0.29, 0.717) is 18.8 Å². The maximum atomic E-state index is 13.2. The van der Waals surface area contributed by atoms with Crippen molar-refractivity contribution in [3.63, 3.8) is 0 Å². The Kier molecular flexibility index (Phi) is 6.03.